The van der Waals surface area contributed by atoms with Crippen molar-refractivity contribution in [1.29, 1.82) is 0 Å². The molecule has 0 fully saturated rings. The van der Waals surface area contributed by atoms with Gasteiger partial charge in [0, 0.05) is 24.6 Å². The second-order valence-corrected chi connectivity index (χ2v) is 8.83. The van der Waals surface area contributed by atoms with E-state index in [0.29, 0.717) is 19.0 Å². The number of guanidine groups is 1. The second-order valence-electron chi connectivity index (χ2n) is 8.83. The summed E-state index contributed by atoms with van der Waals surface area (Å²) in [5.41, 5.74) is 1.05. The minimum absolute atomic E-state index is 0.224. The summed E-state index contributed by atoms with van der Waals surface area (Å²) in [5, 5.41) is 13.8. The fourth-order valence-corrected chi connectivity index (χ4v) is 3.33. The van der Waals surface area contributed by atoms with Gasteiger partial charge in [-0.2, -0.15) is 0 Å². The zero-order valence-corrected chi connectivity index (χ0v) is 20.2. The zero-order valence-electron chi connectivity index (χ0n) is 20.2. The van der Waals surface area contributed by atoms with Crippen LogP contribution in [0.1, 0.15) is 84.2 Å². The van der Waals surface area contributed by atoms with Gasteiger partial charge in [-0.3, -0.25) is 4.99 Å². The van der Waals surface area contributed by atoms with Crippen LogP contribution in [0.4, 0.5) is 4.79 Å². The number of ether oxygens (including phenoxy) is 1. The van der Waals surface area contributed by atoms with Gasteiger partial charge in [0.05, 0.1) is 17.8 Å². The maximum absolute atomic E-state index is 12.3. The van der Waals surface area contributed by atoms with Crippen LogP contribution in [-0.4, -0.2) is 48.0 Å². The Balaban J connectivity index is 2.85. The number of nitrogens with zero attached hydrogens (tertiary/aromatic N) is 2. The summed E-state index contributed by atoms with van der Waals surface area (Å²) in [7, 11) is 0. The molecule has 30 heavy (non-hydrogen) atoms. The van der Waals surface area contributed by atoms with Gasteiger partial charge in [0.1, 0.15) is 11.4 Å². The lowest BCUT2D eigenvalue weighted by atomic mass is 9.93. The summed E-state index contributed by atoms with van der Waals surface area (Å²) in [5.74, 6) is 1.79. The van der Waals surface area contributed by atoms with Crippen molar-refractivity contribution in [3.63, 3.8) is 0 Å². The van der Waals surface area contributed by atoms with Gasteiger partial charge >= 0.3 is 6.09 Å². The lowest BCUT2D eigenvalue weighted by Crippen LogP contribution is -2.52. The van der Waals surface area contributed by atoms with E-state index in [1.165, 1.54) is 0 Å². The van der Waals surface area contributed by atoms with Crippen LogP contribution in [-0.2, 0) is 4.74 Å². The highest BCUT2D eigenvalue weighted by Crippen LogP contribution is 2.22. The average molecular weight is 424 g/mol. The molecule has 0 aliphatic heterocycles. The van der Waals surface area contributed by atoms with Crippen LogP contribution in [0, 0.1) is 13.8 Å². The number of rotatable bonds is 9. The van der Waals surface area contributed by atoms with Gasteiger partial charge in [-0.1, -0.05) is 25.9 Å². The molecule has 1 heterocycles. The van der Waals surface area contributed by atoms with Crippen molar-refractivity contribution in [3.8, 4) is 0 Å². The molecule has 8 heteroatoms. The smallest absolute Gasteiger partial charge is 0.408 e. The molecule has 0 aliphatic rings. The molecule has 0 saturated carbocycles. The van der Waals surface area contributed by atoms with E-state index in [1.54, 1.807) is 0 Å². The molecule has 1 unspecified atom stereocenters. The Labute approximate surface area is 181 Å². The van der Waals surface area contributed by atoms with E-state index in [-0.39, 0.29) is 5.92 Å². The van der Waals surface area contributed by atoms with Crippen molar-refractivity contribution < 1.29 is 14.1 Å². The molecule has 0 aliphatic carbocycles. The number of aromatic nitrogens is 1. The van der Waals surface area contributed by atoms with E-state index in [2.05, 4.69) is 41.9 Å². The number of nitrogens with one attached hydrogen (secondary N) is 3. The van der Waals surface area contributed by atoms with Gasteiger partial charge in [-0.15, -0.1) is 0 Å². The minimum atomic E-state index is -0.536. The zero-order chi connectivity index (χ0) is 22.9. The van der Waals surface area contributed by atoms with Gasteiger partial charge in [-0.25, -0.2) is 4.79 Å². The molecule has 0 bridgehead atoms. The summed E-state index contributed by atoms with van der Waals surface area (Å²) >= 11 is 0. The molecular weight excluding hydrogens is 382 g/mol. The molecule has 0 spiro atoms. The van der Waals surface area contributed by atoms with E-state index in [4.69, 9.17) is 14.3 Å². The third-order valence-electron chi connectivity index (χ3n) is 5.16. The Kier molecular flexibility index (Phi) is 9.65. The molecule has 1 aromatic heterocycles. The van der Waals surface area contributed by atoms with Crippen molar-refractivity contribution in [2.75, 3.05) is 19.6 Å². The number of alkyl carbamates (subject to hydrolysis) is 1. The fraction of sp³-hybridized carbons (Fsp3) is 0.773. The summed E-state index contributed by atoms with van der Waals surface area (Å²) in [6.45, 7) is 19.6. The lowest BCUT2D eigenvalue weighted by Gasteiger charge is -2.32. The van der Waals surface area contributed by atoms with E-state index < -0.39 is 17.2 Å². The Morgan fingerprint density at radius 1 is 1.17 bits per heavy atom. The summed E-state index contributed by atoms with van der Waals surface area (Å²) in [6.07, 6.45) is 1.09. The molecule has 0 radical (unpaired) electrons. The molecule has 1 atom stereocenters. The maximum atomic E-state index is 12.3. The SMILES string of the molecule is CCNC(=NCC(CC)(CC)NC(=O)OC(C)(C)C)NCC(C)c1c(C)noc1C. The average Bonchev–Trinajstić information content (AvgIpc) is 2.99. The number of hydrogen-bond donors (Lipinski definition) is 3. The lowest BCUT2D eigenvalue weighted by molar-refractivity contribution is 0.0452. The second kappa shape index (κ2) is 11.2. The van der Waals surface area contributed by atoms with Gasteiger partial charge in [0.15, 0.2) is 5.96 Å². The first kappa shape index (κ1) is 25.8. The number of amides is 1. The van der Waals surface area contributed by atoms with Crippen LogP contribution in [0.15, 0.2) is 9.52 Å². The predicted octanol–water partition coefficient (Wildman–Crippen LogP) is 4.03. The van der Waals surface area contributed by atoms with Crippen molar-refractivity contribution in [3.05, 3.63) is 17.0 Å². The van der Waals surface area contributed by atoms with E-state index in [1.807, 2.05) is 41.5 Å². The van der Waals surface area contributed by atoms with Crippen LogP contribution in [0.5, 0.6) is 0 Å². The van der Waals surface area contributed by atoms with Gasteiger partial charge < -0.3 is 25.2 Å². The standard InChI is InChI=1S/C22H41N5O3/c1-10-22(11-2,26-20(28)29-21(7,8)9)14-25-19(23-12-3)24-13-15(4)18-16(5)27-30-17(18)6/h15H,10-14H2,1-9H3,(H,26,28)(H2,23,24,25). The van der Waals surface area contributed by atoms with Crippen LogP contribution in [0.3, 0.4) is 0 Å². The number of aryl methyl sites for hydroxylation is 2. The van der Waals surface area contributed by atoms with Crippen LogP contribution in [0.2, 0.25) is 0 Å². The summed E-state index contributed by atoms with van der Waals surface area (Å²) < 4.78 is 10.7. The van der Waals surface area contributed by atoms with Crippen molar-refractivity contribution >= 4 is 12.1 Å². The van der Waals surface area contributed by atoms with Crippen molar-refractivity contribution in [2.24, 2.45) is 4.99 Å². The first-order valence-electron chi connectivity index (χ1n) is 10.9. The molecule has 1 rings (SSSR count). The van der Waals surface area contributed by atoms with E-state index >= 15 is 0 Å². The molecule has 0 aromatic carbocycles. The predicted molar refractivity (Wildman–Crippen MR) is 121 cm³/mol. The van der Waals surface area contributed by atoms with Gasteiger partial charge in [0.25, 0.3) is 0 Å². The first-order valence-corrected chi connectivity index (χ1v) is 10.9. The van der Waals surface area contributed by atoms with Crippen molar-refractivity contribution in [2.45, 2.75) is 92.2 Å². The molecule has 1 amide bonds. The normalized spacial score (nSPS) is 13.7. The molecule has 0 saturated heterocycles. The number of carbonyl (C=O) groups excluding carboxylic acids is 1. The number of hydrogen-bond acceptors (Lipinski definition) is 5. The topological polar surface area (TPSA) is 101 Å². The molecular formula is C22H41N5O3. The van der Waals surface area contributed by atoms with Gasteiger partial charge in [-0.05, 0) is 54.4 Å². The summed E-state index contributed by atoms with van der Waals surface area (Å²) in [6, 6.07) is 0. The molecule has 8 nitrogen and oxygen atoms in total. The number of carbonyl (C=O) groups is 1. The first-order chi connectivity index (χ1) is 14.0. The highest BCUT2D eigenvalue weighted by Gasteiger charge is 2.30. The monoisotopic (exact) mass is 423 g/mol. The Morgan fingerprint density at radius 2 is 1.80 bits per heavy atom. The third kappa shape index (κ3) is 7.88. The molecule has 1 aromatic rings. The highest BCUT2D eigenvalue weighted by atomic mass is 16.6. The van der Waals surface area contributed by atoms with Crippen LogP contribution < -0.4 is 16.0 Å². The van der Waals surface area contributed by atoms with Gasteiger partial charge in [0.2, 0.25) is 0 Å². The highest BCUT2D eigenvalue weighted by molar-refractivity contribution is 5.80. The molecule has 3 N–H and O–H groups in total. The Bertz CT molecular complexity index is 683. The quantitative estimate of drug-likeness (QED) is 0.409. The van der Waals surface area contributed by atoms with Crippen molar-refractivity contribution in [1.82, 2.24) is 21.1 Å². The molecule has 172 valence electrons. The van der Waals surface area contributed by atoms with Crippen LogP contribution >= 0.6 is 0 Å². The van der Waals surface area contributed by atoms with E-state index in [0.717, 1.165) is 36.4 Å². The third-order valence-corrected chi connectivity index (χ3v) is 5.16. The fourth-order valence-electron chi connectivity index (χ4n) is 3.33. The maximum Gasteiger partial charge on any atom is 0.408 e. The largest absolute Gasteiger partial charge is 0.444 e. The Hall–Kier alpha value is -2.25. The Morgan fingerprint density at radius 3 is 2.27 bits per heavy atom. The van der Waals surface area contributed by atoms with Crippen LogP contribution in [0.25, 0.3) is 0 Å². The van der Waals surface area contributed by atoms with E-state index in [9.17, 15) is 4.79 Å². The minimum Gasteiger partial charge on any atom is -0.444 e. The number of aliphatic imine (C=N–C) groups is 1. The summed E-state index contributed by atoms with van der Waals surface area (Å²) in [4.78, 5) is 17.1.